The van der Waals surface area contributed by atoms with E-state index < -0.39 is 0 Å². The minimum atomic E-state index is -0.191. The van der Waals surface area contributed by atoms with E-state index in [2.05, 4.69) is 20.5 Å². The van der Waals surface area contributed by atoms with Crippen molar-refractivity contribution in [2.24, 2.45) is 0 Å². The molecule has 0 bridgehead atoms. The number of carbonyl (C=O) groups excluding carboxylic acids is 1. The Kier molecular flexibility index (Phi) is 2.68. The third kappa shape index (κ3) is 2.28. The van der Waals surface area contributed by atoms with E-state index in [1.807, 2.05) is 6.92 Å². The Morgan fingerprint density at radius 2 is 2.21 bits per heavy atom. The fourth-order valence-electron chi connectivity index (χ4n) is 1.78. The zero-order chi connectivity index (χ0) is 13.2. The quantitative estimate of drug-likeness (QED) is 0.754. The summed E-state index contributed by atoms with van der Waals surface area (Å²) in [6, 6.07) is 5.36. The maximum atomic E-state index is 12.0. The molecule has 94 valence electrons. The number of rotatable bonds is 2. The minimum Gasteiger partial charge on any atom is -0.321 e. The number of amides is 1. The second kappa shape index (κ2) is 4.49. The van der Waals surface area contributed by atoms with Crippen molar-refractivity contribution >= 4 is 17.2 Å². The summed E-state index contributed by atoms with van der Waals surface area (Å²) in [4.78, 5) is 16.1. The van der Waals surface area contributed by atoms with Gasteiger partial charge in [-0.2, -0.15) is 0 Å². The Morgan fingerprint density at radius 1 is 1.32 bits per heavy atom. The van der Waals surface area contributed by atoms with Crippen molar-refractivity contribution in [1.29, 1.82) is 0 Å². The molecule has 3 aromatic rings. The Bertz CT molecular complexity index is 749. The van der Waals surface area contributed by atoms with Gasteiger partial charge in [0.2, 0.25) is 0 Å². The van der Waals surface area contributed by atoms with E-state index in [1.54, 1.807) is 47.5 Å². The highest BCUT2D eigenvalue weighted by molar-refractivity contribution is 6.04. The van der Waals surface area contributed by atoms with Crippen LogP contribution in [0.5, 0.6) is 0 Å². The molecular formula is C13H11N5O. The molecule has 0 saturated carbocycles. The maximum Gasteiger partial charge on any atom is 0.257 e. The number of nitrogens with zero attached hydrogens (tertiary/aromatic N) is 4. The summed E-state index contributed by atoms with van der Waals surface area (Å²) < 4.78 is 1.74. The molecule has 6 nitrogen and oxygen atoms in total. The molecule has 0 fully saturated rings. The largest absolute Gasteiger partial charge is 0.321 e. The van der Waals surface area contributed by atoms with Crippen molar-refractivity contribution in [3.8, 4) is 0 Å². The van der Waals surface area contributed by atoms with Crippen LogP contribution >= 0.6 is 0 Å². The number of carbonyl (C=O) groups is 1. The highest BCUT2D eigenvalue weighted by Gasteiger charge is 2.07. The first-order chi connectivity index (χ1) is 9.22. The molecule has 0 spiro atoms. The lowest BCUT2D eigenvalue weighted by Gasteiger charge is -2.05. The monoisotopic (exact) mass is 253 g/mol. The number of anilines is 1. The second-order valence-electron chi connectivity index (χ2n) is 4.22. The van der Waals surface area contributed by atoms with Crippen molar-refractivity contribution < 1.29 is 4.79 Å². The highest BCUT2D eigenvalue weighted by Crippen LogP contribution is 2.11. The van der Waals surface area contributed by atoms with Crippen molar-refractivity contribution in [3.63, 3.8) is 0 Å². The summed E-state index contributed by atoms with van der Waals surface area (Å²) >= 11 is 0. The Morgan fingerprint density at radius 3 is 3.05 bits per heavy atom. The van der Waals surface area contributed by atoms with Gasteiger partial charge in [-0.15, -0.1) is 10.2 Å². The molecule has 0 radical (unpaired) electrons. The Balaban J connectivity index is 1.86. The van der Waals surface area contributed by atoms with Crippen LogP contribution in [-0.2, 0) is 0 Å². The molecule has 0 atom stereocenters. The molecule has 6 heteroatoms. The summed E-state index contributed by atoms with van der Waals surface area (Å²) in [5.74, 6) is -0.191. The van der Waals surface area contributed by atoms with Gasteiger partial charge in [0, 0.05) is 18.6 Å². The number of hydrogen-bond acceptors (Lipinski definition) is 4. The van der Waals surface area contributed by atoms with Crippen molar-refractivity contribution in [3.05, 3.63) is 54.2 Å². The van der Waals surface area contributed by atoms with Gasteiger partial charge in [0.15, 0.2) is 5.65 Å². The van der Waals surface area contributed by atoms with Crippen LogP contribution < -0.4 is 5.32 Å². The van der Waals surface area contributed by atoms with Crippen LogP contribution in [0.1, 0.15) is 15.9 Å². The van der Waals surface area contributed by atoms with Crippen molar-refractivity contribution in [2.45, 2.75) is 6.92 Å². The van der Waals surface area contributed by atoms with E-state index in [4.69, 9.17) is 0 Å². The molecule has 0 aliphatic carbocycles. The first kappa shape index (κ1) is 11.3. The Hall–Kier alpha value is -2.76. The smallest absolute Gasteiger partial charge is 0.257 e. The molecule has 3 heterocycles. The van der Waals surface area contributed by atoms with E-state index in [0.717, 1.165) is 11.2 Å². The van der Waals surface area contributed by atoms with Crippen LogP contribution in [0.3, 0.4) is 0 Å². The van der Waals surface area contributed by atoms with Gasteiger partial charge in [-0.1, -0.05) is 0 Å². The molecule has 0 aliphatic rings. The zero-order valence-corrected chi connectivity index (χ0v) is 10.2. The summed E-state index contributed by atoms with van der Waals surface area (Å²) in [5, 5.41) is 10.5. The minimum absolute atomic E-state index is 0.191. The number of aromatic nitrogens is 4. The molecule has 0 aromatic carbocycles. The average Bonchev–Trinajstić information content (AvgIpc) is 2.86. The van der Waals surface area contributed by atoms with E-state index in [1.165, 1.54) is 0 Å². The van der Waals surface area contributed by atoms with E-state index in [9.17, 15) is 4.79 Å². The number of nitrogens with one attached hydrogen (secondary N) is 1. The van der Waals surface area contributed by atoms with E-state index in [0.29, 0.717) is 11.3 Å². The lowest BCUT2D eigenvalue weighted by Crippen LogP contribution is -2.12. The van der Waals surface area contributed by atoms with Gasteiger partial charge in [0.05, 0.1) is 11.3 Å². The fraction of sp³-hybridized carbons (Fsp3) is 0.0769. The van der Waals surface area contributed by atoms with Crippen LogP contribution in [0.4, 0.5) is 5.69 Å². The van der Waals surface area contributed by atoms with Gasteiger partial charge in [-0.25, -0.2) is 0 Å². The Labute approximate surface area is 109 Å². The fourth-order valence-corrected chi connectivity index (χ4v) is 1.78. The number of hydrogen-bond donors (Lipinski definition) is 1. The first-order valence-corrected chi connectivity index (χ1v) is 5.75. The first-order valence-electron chi connectivity index (χ1n) is 5.75. The number of aryl methyl sites for hydroxylation is 1. The summed E-state index contributed by atoms with van der Waals surface area (Å²) in [6.07, 6.45) is 6.59. The molecule has 0 saturated heterocycles. The molecule has 0 unspecified atom stereocenters. The van der Waals surface area contributed by atoms with Gasteiger partial charge < -0.3 is 5.32 Å². The summed E-state index contributed by atoms with van der Waals surface area (Å²) in [5.41, 5.74) is 2.89. The van der Waals surface area contributed by atoms with E-state index in [-0.39, 0.29) is 5.91 Å². The van der Waals surface area contributed by atoms with Crippen LogP contribution in [0.15, 0.2) is 43.1 Å². The number of pyridine rings is 2. The average molecular weight is 253 g/mol. The SMILES string of the molecule is Cc1cncc(C(=O)Nc2ccc3nncn3c2)c1. The lowest BCUT2D eigenvalue weighted by atomic mass is 10.2. The third-order valence-electron chi connectivity index (χ3n) is 2.69. The molecule has 1 N–H and O–H groups in total. The van der Waals surface area contributed by atoms with Crippen LogP contribution in [0.25, 0.3) is 5.65 Å². The second-order valence-corrected chi connectivity index (χ2v) is 4.22. The highest BCUT2D eigenvalue weighted by atomic mass is 16.1. The zero-order valence-electron chi connectivity index (χ0n) is 10.2. The molecule has 19 heavy (non-hydrogen) atoms. The van der Waals surface area contributed by atoms with Crippen LogP contribution in [0, 0.1) is 6.92 Å². The van der Waals surface area contributed by atoms with Gasteiger partial charge in [0.1, 0.15) is 6.33 Å². The van der Waals surface area contributed by atoms with Gasteiger partial charge in [-0.3, -0.25) is 14.2 Å². The van der Waals surface area contributed by atoms with Crippen molar-refractivity contribution in [2.75, 3.05) is 5.32 Å². The normalized spacial score (nSPS) is 10.6. The molecule has 1 amide bonds. The van der Waals surface area contributed by atoms with Gasteiger partial charge >= 0.3 is 0 Å². The lowest BCUT2D eigenvalue weighted by molar-refractivity contribution is 0.102. The maximum absolute atomic E-state index is 12.0. The molecular weight excluding hydrogens is 242 g/mol. The molecule has 3 aromatic heterocycles. The predicted molar refractivity (Wildman–Crippen MR) is 69.9 cm³/mol. The third-order valence-corrected chi connectivity index (χ3v) is 2.69. The van der Waals surface area contributed by atoms with Gasteiger partial charge in [-0.05, 0) is 30.7 Å². The van der Waals surface area contributed by atoms with Gasteiger partial charge in [0.25, 0.3) is 5.91 Å². The standard InChI is InChI=1S/C13H11N5O/c1-9-4-10(6-14-5-9)13(19)16-11-2-3-12-17-15-8-18(12)7-11/h2-8H,1H3,(H,16,19). The predicted octanol–water partition coefficient (Wildman–Crippen LogP) is 1.69. The molecule has 0 aliphatic heterocycles. The van der Waals surface area contributed by atoms with Crippen LogP contribution in [-0.4, -0.2) is 25.5 Å². The topological polar surface area (TPSA) is 72.2 Å². The van der Waals surface area contributed by atoms with Crippen LogP contribution in [0.2, 0.25) is 0 Å². The van der Waals surface area contributed by atoms with Crippen molar-refractivity contribution in [1.82, 2.24) is 19.6 Å². The molecule has 3 rings (SSSR count). The number of fused-ring (bicyclic) bond motifs is 1. The van der Waals surface area contributed by atoms with E-state index >= 15 is 0 Å². The summed E-state index contributed by atoms with van der Waals surface area (Å²) in [6.45, 7) is 1.90. The summed E-state index contributed by atoms with van der Waals surface area (Å²) in [7, 11) is 0.